The SMILES string of the molecule is Cc1ccccc1S(=O)(=O)NCCc1nnc(-c2ccc(Cl)cc2)o1. The molecule has 0 aliphatic carbocycles. The molecule has 0 radical (unpaired) electrons. The van der Waals surface area contributed by atoms with E-state index in [0.29, 0.717) is 28.8 Å². The summed E-state index contributed by atoms with van der Waals surface area (Å²) in [4.78, 5) is 0.266. The predicted molar refractivity (Wildman–Crippen MR) is 94.8 cm³/mol. The standard InChI is InChI=1S/C17H16ClN3O3S/c1-12-4-2-3-5-15(12)25(22,23)19-11-10-16-20-21-17(24-16)13-6-8-14(18)9-7-13/h2-9,19H,10-11H2,1H3. The monoisotopic (exact) mass is 377 g/mol. The van der Waals surface area contributed by atoms with Crippen molar-refractivity contribution in [1.82, 2.24) is 14.9 Å². The van der Waals surface area contributed by atoms with Gasteiger partial charge >= 0.3 is 0 Å². The van der Waals surface area contributed by atoms with Crippen LogP contribution >= 0.6 is 11.6 Å². The van der Waals surface area contributed by atoms with Crippen molar-refractivity contribution in [1.29, 1.82) is 0 Å². The van der Waals surface area contributed by atoms with Gasteiger partial charge in [0.05, 0.1) is 4.90 Å². The fourth-order valence-electron chi connectivity index (χ4n) is 2.29. The van der Waals surface area contributed by atoms with Crippen molar-refractivity contribution in [2.24, 2.45) is 0 Å². The van der Waals surface area contributed by atoms with E-state index in [4.69, 9.17) is 16.0 Å². The van der Waals surface area contributed by atoms with Crippen LogP contribution in [0.2, 0.25) is 5.02 Å². The van der Waals surface area contributed by atoms with Crippen LogP contribution in [0.5, 0.6) is 0 Å². The van der Waals surface area contributed by atoms with E-state index in [1.54, 1.807) is 55.5 Å². The van der Waals surface area contributed by atoms with Crippen LogP contribution in [-0.4, -0.2) is 25.2 Å². The molecule has 8 heteroatoms. The zero-order chi connectivity index (χ0) is 17.9. The van der Waals surface area contributed by atoms with Gasteiger partial charge in [-0.3, -0.25) is 0 Å². The smallest absolute Gasteiger partial charge is 0.247 e. The first-order chi connectivity index (χ1) is 12.0. The molecule has 0 aliphatic rings. The average Bonchev–Trinajstić information content (AvgIpc) is 3.04. The fourth-order valence-corrected chi connectivity index (χ4v) is 3.69. The number of nitrogens with zero attached hydrogens (tertiary/aromatic N) is 2. The Morgan fingerprint density at radius 3 is 2.52 bits per heavy atom. The van der Waals surface area contributed by atoms with Gasteiger partial charge in [-0.15, -0.1) is 10.2 Å². The Balaban J connectivity index is 1.63. The molecule has 0 atom stereocenters. The first kappa shape index (κ1) is 17.6. The van der Waals surface area contributed by atoms with Crippen LogP contribution in [0.4, 0.5) is 0 Å². The van der Waals surface area contributed by atoms with E-state index in [-0.39, 0.29) is 11.4 Å². The number of halogens is 1. The second-order valence-electron chi connectivity index (χ2n) is 5.42. The molecule has 1 heterocycles. The summed E-state index contributed by atoms with van der Waals surface area (Å²) in [6, 6.07) is 13.8. The molecule has 0 aliphatic heterocycles. The Hall–Kier alpha value is -2.22. The second-order valence-corrected chi connectivity index (χ2v) is 7.59. The Kier molecular flexibility index (Phi) is 5.17. The second kappa shape index (κ2) is 7.35. The Bertz CT molecular complexity index is 969. The summed E-state index contributed by atoms with van der Waals surface area (Å²) in [5.74, 6) is 0.728. The highest BCUT2D eigenvalue weighted by Gasteiger charge is 2.16. The van der Waals surface area contributed by atoms with E-state index in [0.717, 1.165) is 5.56 Å². The van der Waals surface area contributed by atoms with Crippen molar-refractivity contribution in [3.8, 4) is 11.5 Å². The minimum absolute atomic E-state index is 0.166. The molecule has 0 fully saturated rings. The summed E-state index contributed by atoms with van der Waals surface area (Å²) in [7, 11) is -3.57. The molecule has 0 saturated heterocycles. The maximum atomic E-state index is 12.3. The number of sulfonamides is 1. The van der Waals surface area contributed by atoms with Crippen molar-refractivity contribution in [3.63, 3.8) is 0 Å². The Morgan fingerprint density at radius 1 is 1.08 bits per heavy atom. The van der Waals surface area contributed by atoms with Crippen LogP contribution in [0, 0.1) is 6.92 Å². The number of hydrogen-bond donors (Lipinski definition) is 1. The van der Waals surface area contributed by atoms with Crippen LogP contribution in [0.1, 0.15) is 11.5 Å². The fraction of sp³-hybridized carbons (Fsp3) is 0.176. The van der Waals surface area contributed by atoms with Crippen molar-refractivity contribution >= 4 is 21.6 Å². The van der Waals surface area contributed by atoms with E-state index < -0.39 is 10.0 Å². The zero-order valence-corrected chi connectivity index (χ0v) is 15.0. The molecule has 2 aromatic carbocycles. The molecule has 130 valence electrons. The lowest BCUT2D eigenvalue weighted by Gasteiger charge is -2.07. The number of aryl methyl sites for hydroxylation is 1. The molecular weight excluding hydrogens is 362 g/mol. The lowest BCUT2D eigenvalue weighted by molar-refractivity contribution is 0.502. The van der Waals surface area contributed by atoms with Crippen molar-refractivity contribution in [2.45, 2.75) is 18.2 Å². The maximum Gasteiger partial charge on any atom is 0.247 e. The molecule has 0 unspecified atom stereocenters. The number of nitrogens with one attached hydrogen (secondary N) is 1. The van der Waals surface area contributed by atoms with E-state index >= 15 is 0 Å². The molecule has 0 saturated carbocycles. The predicted octanol–water partition coefficient (Wildman–Crippen LogP) is 3.22. The zero-order valence-electron chi connectivity index (χ0n) is 13.4. The van der Waals surface area contributed by atoms with Gasteiger partial charge in [-0.2, -0.15) is 0 Å². The number of hydrogen-bond acceptors (Lipinski definition) is 5. The quantitative estimate of drug-likeness (QED) is 0.712. The van der Waals surface area contributed by atoms with E-state index in [1.165, 1.54) is 0 Å². The molecule has 3 rings (SSSR count). The molecule has 1 aromatic heterocycles. The van der Waals surface area contributed by atoms with Gasteiger partial charge in [0, 0.05) is 23.6 Å². The lowest BCUT2D eigenvalue weighted by atomic mass is 10.2. The molecular formula is C17H16ClN3O3S. The van der Waals surface area contributed by atoms with Gasteiger partial charge < -0.3 is 4.42 Å². The number of benzene rings is 2. The van der Waals surface area contributed by atoms with Crippen molar-refractivity contribution in [3.05, 3.63) is 65.0 Å². The van der Waals surface area contributed by atoms with Gasteiger partial charge in [0.15, 0.2) is 0 Å². The molecule has 0 amide bonds. The number of rotatable bonds is 6. The van der Waals surface area contributed by atoms with Crippen LogP contribution in [0.25, 0.3) is 11.5 Å². The Morgan fingerprint density at radius 2 is 1.80 bits per heavy atom. The first-order valence-corrected chi connectivity index (χ1v) is 9.45. The molecule has 0 spiro atoms. The minimum atomic E-state index is -3.57. The third-order valence-electron chi connectivity index (χ3n) is 3.57. The third kappa shape index (κ3) is 4.25. The van der Waals surface area contributed by atoms with Crippen LogP contribution in [-0.2, 0) is 16.4 Å². The van der Waals surface area contributed by atoms with Gasteiger partial charge in [-0.05, 0) is 42.8 Å². The minimum Gasteiger partial charge on any atom is -0.421 e. The maximum absolute atomic E-state index is 12.3. The topological polar surface area (TPSA) is 85.1 Å². The molecule has 25 heavy (non-hydrogen) atoms. The van der Waals surface area contributed by atoms with Crippen LogP contribution in [0.3, 0.4) is 0 Å². The third-order valence-corrected chi connectivity index (χ3v) is 5.45. The summed E-state index contributed by atoms with van der Waals surface area (Å²) in [6.07, 6.45) is 0.297. The van der Waals surface area contributed by atoms with E-state index in [9.17, 15) is 8.42 Å². The highest BCUT2D eigenvalue weighted by molar-refractivity contribution is 7.89. The van der Waals surface area contributed by atoms with Crippen molar-refractivity contribution < 1.29 is 12.8 Å². The van der Waals surface area contributed by atoms with Crippen LogP contribution < -0.4 is 4.72 Å². The van der Waals surface area contributed by atoms with E-state index in [1.807, 2.05) is 0 Å². The largest absolute Gasteiger partial charge is 0.421 e. The molecule has 6 nitrogen and oxygen atoms in total. The highest BCUT2D eigenvalue weighted by atomic mass is 35.5. The normalized spacial score (nSPS) is 11.6. The van der Waals surface area contributed by atoms with E-state index in [2.05, 4.69) is 14.9 Å². The Labute approximate surface area is 150 Å². The van der Waals surface area contributed by atoms with Gasteiger partial charge in [0.25, 0.3) is 0 Å². The summed E-state index contributed by atoms with van der Waals surface area (Å²) in [5, 5.41) is 8.53. The van der Waals surface area contributed by atoms with Gasteiger partial charge in [0.2, 0.25) is 21.8 Å². The molecule has 0 bridgehead atoms. The molecule has 3 aromatic rings. The lowest BCUT2D eigenvalue weighted by Crippen LogP contribution is -2.26. The summed E-state index contributed by atoms with van der Waals surface area (Å²) >= 11 is 5.85. The van der Waals surface area contributed by atoms with Gasteiger partial charge in [-0.25, -0.2) is 13.1 Å². The number of aromatic nitrogens is 2. The molecule has 1 N–H and O–H groups in total. The van der Waals surface area contributed by atoms with Gasteiger partial charge in [0.1, 0.15) is 0 Å². The van der Waals surface area contributed by atoms with Crippen LogP contribution in [0.15, 0.2) is 57.8 Å². The summed E-state index contributed by atoms with van der Waals surface area (Å²) in [5.41, 5.74) is 1.45. The summed E-state index contributed by atoms with van der Waals surface area (Å²) in [6.45, 7) is 1.92. The first-order valence-electron chi connectivity index (χ1n) is 7.59. The highest BCUT2D eigenvalue weighted by Crippen LogP contribution is 2.20. The van der Waals surface area contributed by atoms with Crippen molar-refractivity contribution in [2.75, 3.05) is 6.54 Å². The average molecular weight is 378 g/mol. The van der Waals surface area contributed by atoms with Gasteiger partial charge in [-0.1, -0.05) is 29.8 Å². The summed E-state index contributed by atoms with van der Waals surface area (Å²) < 4.78 is 32.7.